The van der Waals surface area contributed by atoms with Crippen molar-refractivity contribution >= 4 is 15.9 Å². The standard InChI is InChI=1S/C13H19BrF2N2O/c1-8(19-2)3-4-9(18-17)7-10-12(15)6-5-11(14)13(10)16/h5-6,8-9,18H,3-4,7,17H2,1-2H3. The van der Waals surface area contributed by atoms with Crippen LogP contribution in [0.15, 0.2) is 16.6 Å². The van der Waals surface area contributed by atoms with Gasteiger partial charge in [-0.1, -0.05) is 0 Å². The number of nitrogens with one attached hydrogen (secondary N) is 1. The first-order valence-corrected chi connectivity index (χ1v) is 6.90. The van der Waals surface area contributed by atoms with E-state index in [1.165, 1.54) is 12.1 Å². The van der Waals surface area contributed by atoms with E-state index in [1.54, 1.807) is 7.11 Å². The highest BCUT2D eigenvalue weighted by atomic mass is 79.9. The molecule has 3 N–H and O–H groups in total. The molecule has 0 aromatic heterocycles. The van der Waals surface area contributed by atoms with Crippen LogP contribution in [0.2, 0.25) is 0 Å². The predicted octanol–water partition coefficient (Wildman–Crippen LogP) is 2.92. The summed E-state index contributed by atoms with van der Waals surface area (Å²) in [5.41, 5.74) is 2.64. The first-order chi connectivity index (χ1) is 8.99. The number of benzene rings is 1. The number of hydrogen-bond donors (Lipinski definition) is 2. The van der Waals surface area contributed by atoms with Gasteiger partial charge < -0.3 is 4.74 Å². The van der Waals surface area contributed by atoms with E-state index in [-0.39, 0.29) is 28.6 Å². The lowest BCUT2D eigenvalue weighted by Crippen LogP contribution is -2.37. The maximum atomic E-state index is 13.8. The second-order valence-corrected chi connectivity index (χ2v) is 5.37. The molecule has 0 aliphatic heterocycles. The van der Waals surface area contributed by atoms with Crippen LogP contribution in [0.25, 0.3) is 0 Å². The number of methoxy groups -OCH3 is 1. The van der Waals surface area contributed by atoms with Crippen LogP contribution in [0.3, 0.4) is 0 Å². The molecule has 0 radical (unpaired) electrons. The molecule has 1 aromatic carbocycles. The topological polar surface area (TPSA) is 47.3 Å². The Kier molecular flexibility index (Phi) is 6.85. The fraction of sp³-hybridized carbons (Fsp3) is 0.538. The van der Waals surface area contributed by atoms with Gasteiger partial charge in [-0.25, -0.2) is 8.78 Å². The minimum Gasteiger partial charge on any atom is -0.382 e. The Morgan fingerprint density at radius 2 is 2.05 bits per heavy atom. The number of nitrogens with two attached hydrogens (primary N) is 1. The minimum absolute atomic E-state index is 0.0439. The van der Waals surface area contributed by atoms with E-state index in [2.05, 4.69) is 21.4 Å². The molecular weight excluding hydrogens is 318 g/mol. The molecule has 0 spiro atoms. The Bertz CT molecular complexity index is 418. The number of halogens is 3. The van der Waals surface area contributed by atoms with Crippen molar-refractivity contribution < 1.29 is 13.5 Å². The number of rotatable bonds is 7. The van der Waals surface area contributed by atoms with Crippen LogP contribution in [-0.4, -0.2) is 19.3 Å². The van der Waals surface area contributed by atoms with E-state index < -0.39 is 11.6 Å². The highest BCUT2D eigenvalue weighted by Gasteiger charge is 2.17. The van der Waals surface area contributed by atoms with E-state index in [1.807, 2.05) is 6.92 Å². The van der Waals surface area contributed by atoms with E-state index in [0.29, 0.717) is 6.42 Å². The van der Waals surface area contributed by atoms with Gasteiger partial charge in [-0.15, -0.1) is 0 Å². The molecule has 0 fully saturated rings. The fourth-order valence-electron chi connectivity index (χ4n) is 1.80. The third-order valence-electron chi connectivity index (χ3n) is 3.15. The quantitative estimate of drug-likeness (QED) is 0.457. The number of hydrazine groups is 1. The van der Waals surface area contributed by atoms with Crippen molar-refractivity contribution in [3.63, 3.8) is 0 Å². The van der Waals surface area contributed by atoms with Crippen LogP contribution >= 0.6 is 15.9 Å². The zero-order valence-electron chi connectivity index (χ0n) is 11.1. The molecule has 0 amide bonds. The van der Waals surface area contributed by atoms with E-state index >= 15 is 0 Å². The fourth-order valence-corrected chi connectivity index (χ4v) is 2.17. The molecule has 0 bridgehead atoms. The van der Waals surface area contributed by atoms with Crippen LogP contribution in [-0.2, 0) is 11.2 Å². The normalized spacial score (nSPS) is 14.4. The third-order valence-corrected chi connectivity index (χ3v) is 3.76. The lowest BCUT2D eigenvalue weighted by molar-refractivity contribution is 0.106. The second-order valence-electron chi connectivity index (χ2n) is 4.51. The summed E-state index contributed by atoms with van der Waals surface area (Å²) in [6, 6.07) is 2.40. The smallest absolute Gasteiger partial charge is 0.143 e. The SMILES string of the molecule is COC(C)CCC(Cc1c(F)ccc(Br)c1F)NN. The monoisotopic (exact) mass is 336 g/mol. The van der Waals surface area contributed by atoms with Crippen LogP contribution in [0.1, 0.15) is 25.3 Å². The summed E-state index contributed by atoms with van der Waals surface area (Å²) < 4.78 is 32.9. The zero-order chi connectivity index (χ0) is 14.4. The molecule has 0 saturated carbocycles. The summed E-state index contributed by atoms with van der Waals surface area (Å²) in [5, 5.41) is 0. The summed E-state index contributed by atoms with van der Waals surface area (Å²) in [5.74, 6) is 4.31. The van der Waals surface area contributed by atoms with E-state index in [0.717, 1.165) is 6.42 Å². The molecule has 0 heterocycles. The number of ether oxygens (including phenoxy) is 1. The Labute approximate surface area is 120 Å². The molecule has 2 atom stereocenters. The van der Waals surface area contributed by atoms with Crippen molar-refractivity contribution in [3.8, 4) is 0 Å². The highest BCUT2D eigenvalue weighted by molar-refractivity contribution is 9.10. The van der Waals surface area contributed by atoms with Crippen molar-refractivity contribution in [2.75, 3.05) is 7.11 Å². The second kappa shape index (κ2) is 7.89. The highest BCUT2D eigenvalue weighted by Crippen LogP contribution is 2.23. The van der Waals surface area contributed by atoms with Crippen LogP contribution < -0.4 is 11.3 Å². The van der Waals surface area contributed by atoms with Gasteiger partial charge in [-0.2, -0.15) is 0 Å². The van der Waals surface area contributed by atoms with Crippen molar-refractivity contribution in [2.24, 2.45) is 5.84 Å². The van der Waals surface area contributed by atoms with Gasteiger partial charge >= 0.3 is 0 Å². The molecule has 6 heteroatoms. The molecule has 0 aliphatic carbocycles. The summed E-state index contributed by atoms with van der Waals surface area (Å²) in [6.07, 6.45) is 1.73. The maximum Gasteiger partial charge on any atom is 0.143 e. The average Bonchev–Trinajstić information content (AvgIpc) is 2.42. The Morgan fingerprint density at radius 1 is 1.37 bits per heavy atom. The van der Waals surface area contributed by atoms with Gasteiger partial charge in [0.05, 0.1) is 10.6 Å². The zero-order valence-corrected chi connectivity index (χ0v) is 12.6. The van der Waals surface area contributed by atoms with E-state index in [9.17, 15) is 8.78 Å². The Balaban J connectivity index is 2.73. The van der Waals surface area contributed by atoms with E-state index in [4.69, 9.17) is 10.6 Å². The summed E-state index contributed by atoms with van der Waals surface area (Å²) >= 11 is 3.05. The van der Waals surface area contributed by atoms with Crippen LogP contribution in [0.5, 0.6) is 0 Å². The number of hydrogen-bond acceptors (Lipinski definition) is 3. The van der Waals surface area contributed by atoms with Gasteiger partial charge in [-0.05, 0) is 54.2 Å². The van der Waals surface area contributed by atoms with Crippen LogP contribution in [0, 0.1) is 11.6 Å². The largest absolute Gasteiger partial charge is 0.382 e. The summed E-state index contributed by atoms with van der Waals surface area (Å²) in [6.45, 7) is 1.94. The first kappa shape index (κ1) is 16.5. The molecule has 0 saturated heterocycles. The summed E-state index contributed by atoms with van der Waals surface area (Å²) in [4.78, 5) is 0. The average molecular weight is 337 g/mol. The molecular formula is C13H19BrF2N2O. The first-order valence-electron chi connectivity index (χ1n) is 6.10. The van der Waals surface area contributed by atoms with Crippen molar-refractivity contribution in [2.45, 2.75) is 38.3 Å². The Morgan fingerprint density at radius 3 is 2.63 bits per heavy atom. The predicted molar refractivity (Wildman–Crippen MR) is 74.6 cm³/mol. The van der Waals surface area contributed by atoms with Gasteiger partial charge in [0.1, 0.15) is 11.6 Å². The summed E-state index contributed by atoms with van der Waals surface area (Å²) in [7, 11) is 1.63. The van der Waals surface area contributed by atoms with Crippen molar-refractivity contribution in [1.29, 1.82) is 0 Å². The molecule has 0 aliphatic rings. The molecule has 2 unspecified atom stereocenters. The molecule has 3 nitrogen and oxygen atoms in total. The minimum atomic E-state index is -0.569. The maximum absolute atomic E-state index is 13.8. The van der Waals surface area contributed by atoms with Gasteiger partial charge in [-0.3, -0.25) is 11.3 Å². The van der Waals surface area contributed by atoms with Gasteiger partial charge in [0.15, 0.2) is 0 Å². The molecule has 1 aromatic rings. The molecule has 1 rings (SSSR count). The third kappa shape index (κ3) is 4.80. The van der Waals surface area contributed by atoms with Gasteiger partial charge in [0.25, 0.3) is 0 Å². The lowest BCUT2D eigenvalue weighted by atomic mass is 10.00. The van der Waals surface area contributed by atoms with Gasteiger partial charge in [0.2, 0.25) is 0 Å². The van der Waals surface area contributed by atoms with Crippen molar-refractivity contribution in [3.05, 3.63) is 33.8 Å². The molecule has 19 heavy (non-hydrogen) atoms. The molecule has 108 valence electrons. The lowest BCUT2D eigenvalue weighted by Gasteiger charge is -2.19. The van der Waals surface area contributed by atoms with Gasteiger partial charge in [0, 0.05) is 18.7 Å². The van der Waals surface area contributed by atoms with Crippen LogP contribution in [0.4, 0.5) is 8.78 Å². The Hall–Kier alpha value is -0.560. The van der Waals surface area contributed by atoms with Crippen molar-refractivity contribution in [1.82, 2.24) is 5.43 Å².